The molecule has 0 aliphatic carbocycles. The van der Waals surface area contributed by atoms with Crippen LogP contribution in [0, 0.1) is 0 Å². The second-order valence-electron chi connectivity index (χ2n) is 5.67. The fourth-order valence-corrected chi connectivity index (χ4v) is 2.86. The van der Waals surface area contributed by atoms with Crippen LogP contribution < -0.4 is 10.7 Å². The third-order valence-corrected chi connectivity index (χ3v) is 4.17. The van der Waals surface area contributed by atoms with Crippen molar-refractivity contribution in [3.05, 3.63) is 81.6 Å². The van der Waals surface area contributed by atoms with E-state index in [-0.39, 0.29) is 23.9 Å². The topological polar surface area (TPSA) is 51.1 Å². The van der Waals surface area contributed by atoms with E-state index < -0.39 is 0 Å². The van der Waals surface area contributed by atoms with E-state index in [0.717, 1.165) is 5.56 Å². The number of benzene rings is 2. The maximum atomic E-state index is 12.4. The summed E-state index contributed by atoms with van der Waals surface area (Å²) >= 11 is 5.96. The fraction of sp³-hybridized carbons (Fsp3) is 0.158. The van der Waals surface area contributed by atoms with Crippen LogP contribution in [0.2, 0.25) is 5.02 Å². The summed E-state index contributed by atoms with van der Waals surface area (Å²) in [5.74, 6) is -0.119. The molecule has 24 heavy (non-hydrogen) atoms. The van der Waals surface area contributed by atoms with Crippen molar-refractivity contribution in [1.29, 1.82) is 0 Å². The highest BCUT2D eigenvalue weighted by molar-refractivity contribution is 6.31. The van der Waals surface area contributed by atoms with Gasteiger partial charge in [-0.1, -0.05) is 41.9 Å². The number of hydrogen-bond donors (Lipinski definition) is 1. The standard InChI is InChI=1S/C19H17ClN2O2/c1-13(14-5-3-2-4-6-14)21-19(24)12-22-10-9-18(23)16-11-15(20)7-8-17(16)22/h2-11,13H,12H2,1H3,(H,21,24)/t13-/m0/s1. The van der Waals surface area contributed by atoms with Gasteiger partial charge in [0.1, 0.15) is 6.54 Å². The molecule has 0 spiro atoms. The van der Waals surface area contributed by atoms with Gasteiger partial charge < -0.3 is 9.88 Å². The summed E-state index contributed by atoms with van der Waals surface area (Å²) in [5, 5.41) is 3.98. The maximum Gasteiger partial charge on any atom is 0.240 e. The molecule has 0 unspecified atom stereocenters. The van der Waals surface area contributed by atoms with Gasteiger partial charge in [-0.25, -0.2) is 0 Å². The smallest absolute Gasteiger partial charge is 0.240 e. The highest BCUT2D eigenvalue weighted by Gasteiger charge is 2.11. The van der Waals surface area contributed by atoms with Gasteiger partial charge in [-0.2, -0.15) is 0 Å². The zero-order chi connectivity index (χ0) is 17.1. The Kier molecular flexibility index (Phi) is 4.67. The molecule has 0 bridgehead atoms. The Bertz CT molecular complexity index is 935. The van der Waals surface area contributed by atoms with E-state index in [0.29, 0.717) is 15.9 Å². The quantitative estimate of drug-likeness (QED) is 0.790. The molecule has 122 valence electrons. The summed E-state index contributed by atoms with van der Waals surface area (Å²) in [6.45, 7) is 2.08. The first-order valence-electron chi connectivity index (χ1n) is 7.67. The van der Waals surface area contributed by atoms with Crippen molar-refractivity contribution in [3.63, 3.8) is 0 Å². The summed E-state index contributed by atoms with van der Waals surface area (Å²) in [6.07, 6.45) is 1.63. The van der Waals surface area contributed by atoms with Crippen LogP contribution in [0.15, 0.2) is 65.6 Å². The Balaban J connectivity index is 1.81. The van der Waals surface area contributed by atoms with Gasteiger partial charge in [0.2, 0.25) is 5.91 Å². The number of amides is 1. The molecule has 3 aromatic rings. The molecule has 1 atom stereocenters. The third-order valence-electron chi connectivity index (χ3n) is 3.93. The molecule has 5 heteroatoms. The molecule has 0 saturated carbocycles. The summed E-state index contributed by atoms with van der Waals surface area (Å²) in [4.78, 5) is 24.3. The van der Waals surface area contributed by atoms with Gasteiger partial charge in [0, 0.05) is 22.7 Å². The first-order valence-corrected chi connectivity index (χ1v) is 8.05. The first-order chi connectivity index (χ1) is 11.5. The van der Waals surface area contributed by atoms with Gasteiger partial charge in [0.25, 0.3) is 0 Å². The average Bonchev–Trinajstić information content (AvgIpc) is 2.58. The van der Waals surface area contributed by atoms with E-state index in [1.54, 1.807) is 29.0 Å². The maximum absolute atomic E-state index is 12.4. The van der Waals surface area contributed by atoms with Gasteiger partial charge in [0.15, 0.2) is 5.43 Å². The van der Waals surface area contributed by atoms with Crippen LogP contribution in [-0.4, -0.2) is 10.5 Å². The molecule has 0 radical (unpaired) electrons. The van der Waals surface area contributed by atoms with Crippen LogP contribution in [0.4, 0.5) is 0 Å². The van der Waals surface area contributed by atoms with Crippen molar-refractivity contribution >= 4 is 28.4 Å². The zero-order valence-corrected chi connectivity index (χ0v) is 14.0. The molecule has 1 amide bonds. The van der Waals surface area contributed by atoms with E-state index >= 15 is 0 Å². The second kappa shape index (κ2) is 6.89. The molecule has 0 aliphatic rings. The van der Waals surface area contributed by atoms with Crippen LogP contribution in [0.1, 0.15) is 18.5 Å². The van der Waals surface area contributed by atoms with Gasteiger partial charge in [-0.3, -0.25) is 9.59 Å². The van der Waals surface area contributed by atoms with Crippen molar-refractivity contribution in [2.75, 3.05) is 0 Å². The minimum atomic E-state index is -0.119. The Morgan fingerprint density at radius 3 is 2.67 bits per heavy atom. The van der Waals surface area contributed by atoms with Crippen LogP contribution in [0.3, 0.4) is 0 Å². The number of hydrogen-bond acceptors (Lipinski definition) is 2. The van der Waals surface area contributed by atoms with E-state index in [1.165, 1.54) is 6.07 Å². The summed E-state index contributed by atoms with van der Waals surface area (Å²) in [5.41, 5.74) is 1.62. The van der Waals surface area contributed by atoms with E-state index in [1.807, 2.05) is 37.3 Å². The van der Waals surface area contributed by atoms with E-state index in [9.17, 15) is 9.59 Å². The largest absolute Gasteiger partial charge is 0.348 e. The van der Waals surface area contributed by atoms with E-state index in [4.69, 9.17) is 11.6 Å². The number of rotatable bonds is 4. The summed E-state index contributed by atoms with van der Waals surface area (Å²) in [7, 11) is 0. The predicted octanol–water partition coefficient (Wildman–Crippen LogP) is 3.53. The number of carbonyl (C=O) groups is 1. The molecule has 0 aliphatic heterocycles. The molecule has 2 aromatic carbocycles. The monoisotopic (exact) mass is 340 g/mol. The van der Waals surface area contributed by atoms with Gasteiger partial charge in [-0.05, 0) is 30.7 Å². The Morgan fingerprint density at radius 2 is 1.92 bits per heavy atom. The highest BCUT2D eigenvalue weighted by Crippen LogP contribution is 2.17. The molecule has 3 rings (SSSR count). The minimum Gasteiger partial charge on any atom is -0.348 e. The number of carbonyl (C=O) groups excluding carboxylic acids is 1. The van der Waals surface area contributed by atoms with Crippen molar-refractivity contribution in [3.8, 4) is 0 Å². The lowest BCUT2D eigenvalue weighted by Gasteiger charge is -2.16. The molecule has 0 fully saturated rings. The number of nitrogens with zero attached hydrogens (tertiary/aromatic N) is 1. The Hall–Kier alpha value is -2.59. The highest BCUT2D eigenvalue weighted by atomic mass is 35.5. The fourth-order valence-electron chi connectivity index (χ4n) is 2.69. The number of halogens is 1. The van der Waals surface area contributed by atoms with Crippen LogP contribution in [-0.2, 0) is 11.3 Å². The number of fused-ring (bicyclic) bond motifs is 1. The zero-order valence-electron chi connectivity index (χ0n) is 13.2. The summed E-state index contributed by atoms with van der Waals surface area (Å²) < 4.78 is 1.75. The van der Waals surface area contributed by atoms with Crippen LogP contribution >= 0.6 is 11.6 Å². The average molecular weight is 341 g/mol. The van der Waals surface area contributed by atoms with Crippen LogP contribution in [0.5, 0.6) is 0 Å². The van der Waals surface area contributed by atoms with E-state index in [2.05, 4.69) is 5.32 Å². The Labute approximate surface area is 144 Å². The van der Waals surface area contributed by atoms with Crippen LogP contribution in [0.25, 0.3) is 10.9 Å². The van der Waals surface area contributed by atoms with Crippen molar-refractivity contribution in [1.82, 2.24) is 9.88 Å². The summed E-state index contributed by atoms with van der Waals surface area (Å²) in [6, 6.07) is 16.2. The lowest BCUT2D eigenvalue weighted by Crippen LogP contribution is -2.30. The lowest BCUT2D eigenvalue weighted by molar-refractivity contribution is -0.122. The van der Waals surface area contributed by atoms with Gasteiger partial charge in [-0.15, -0.1) is 0 Å². The predicted molar refractivity (Wildman–Crippen MR) is 96.2 cm³/mol. The van der Waals surface area contributed by atoms with Gasteiger partial charge >= 0.3 is 0 Å². The van der Waals surface area contributed by atoms with Crippen molar-refractivity contribution in [2.24, 2.45) is 0 Å². The molecule has 4 nitrogen and oxygen atoms in total. The second-order valence-corrected chi connectivity index (χ2v) is 6.11. The van der Waals surface area contributed by atoms with Crippen molar-refractivity contribution < 1.29 is 4.79 Å². The number of aromatic nitrogens is 1. The molecular formula is C19H17ClN2O2. The molecule has 1 N–H and O–H groups in total. The van der Waals surface area contributed by atoms with Crippen molar-refractivity contribution in [2.45, 2.75) is 19.5 Å². The lowest BCUT2D eigenvalue weighted by atomic mass is 10.1. The molecule has 1 heterocycles. The molecule has 1 aromatic heterocycles. The number of pyridine rings is 1. The molecular weight excluding hydrogens is 324 g/mol. The SMILES string of the molecule is C[C@H](NC(=O)Cn1ccc(=O)c2cc(Cl)ccc21)c1ccccc1. The normalized spacial score (nSPS) is 12.1. The first kappa shape index (κ1) is 16.3. The Morgan fingerprint density at radius 1 is 1.17 bits per heavy atom. The number of nitrogens with one attached hydrogen (secondary N) is 1. The third kappa shape index (κ3) is 3.49. The van der Waals surface area contributed by atoms with Gasteiger partial charge in [0.05, 0.1) is 11.6 Å². The molecule has 0 saturated heterocycles. The minimum absolute atomic E-state index is 0.0845.